The van der Waals surface area contributed by atoms with Crippen LogP contribution in [0.2, 0.25) is 0 Å². The van der Waals surface area contributed by atoms with Crippen molar-refractivity contribution in [1.82, 2.24) is 10.5 Å². The first-order valence-corrected chi connectivity index (χ1v) is 8.48. The van der Waals surface area contributed by atoms with Gasteiger partial charge in [-0.05, 0) is 30.2 Å². The lowest BCUT2D eigenvalue weighted by atomic mass is 10.1. The first kappa shape index (κ1) is 16.2. The number of amides is 2. The molecule has 132 valence electrons. The quantitative estimate of drug-likeness (QED) is 0.781. The highest BCUT2D eigenvalue weighted by Crippen LogP contribution is 2.31. The highest BCUT2D eigenvalue weighted by Gasteiger charge is 2.25. The van der Waals surface area contributed by atoms with Crippen LogP contribution >= 0.6 is 0 Å². The summed E-state index contributed by atoms with van der Waals surface area (Å²) in [6.45, 7) is 0.945. The average molecular weight is 349 g/mol. The van der Waals surface area contributed by atoms with Gasteiger partial charge in [0.05, 0.1) is 13.7 Å². The van der Waals surface area contributed by atoms with Gasteiger partial charge in [-0.3, -0.25) is 4.90 Å². The predicted molar refractivity (Wildman–Crippen MR) is 98.2 cm³/mol. The maximum absolute atomic E-state index is 12.5. The van der Waals surface area contributed by atoms with E-state index in [0.29, 0.717) is 18.8 Å². The lowest BCUT2D eigenvalue weighted by Crippen LogP contribution is -2.38. The van der Waals surface area contributed by atoms with E-state index in [1.165, 1.54) is 0 Å². The third-order valence-corrected chi connectivity index (χ3v) is 4.47. The van der Waals surface area contributed by atoms with Crippen molar-refractivity contribution in [1.29, 1.82) is 0 Å². The molecule has 3 aromatic rings. The number of carbonyl (C=O) groups is 1. The summed E-state index contributed by atoms with van der Waals surface area (Å²) in [4.78, 5) is 14.3. The molecule has 6 heteroatoms. The molecule has 2 amide bonds. The third-order valence-electron chi connectivity index (χ3n) is 4.47. The summed E-state index contributed by atoms with van der Waals surface area (Å²) in [6.07, 6.45) is 0.820. The van der Waals surface area contributed by atoms with Crippen molar-refractivity contribution in [3.05, 3.63) is 65.9 Å². The fourth-order valence-corrected chi connectivity index (χ4v) is 3.12. The van der Waals surface area contributed by atoms with Gasteiger partial charge in [0.15, 0.2) is 5.76 Å². The van der Waals surface area contributed by atoms with Gasteiger partial charge in [-0.2, -0.15) is 0 Å². The van der Waals surface area contributed by atoms with E-state index in [1.807, 2.05) is 54.6 Å². The molecule has 0 bridgehead atoms. The first-order chi connectivity index (χ1) is 12.7. The molecule has 1 N–H and O–H groups in total. The zero-order chi connectivity index (χ0) is 17.9. The molecule has 6 nitrogen and oxygen atoms in total. The molecular weight excluding hydrogens is 330 g/mol. The average Bonchev–Trinajstić information content (AvgIpc) is 3.33. The Hall–Kier alpha value is -3.28. The molecule has 26 heavy (non-hydrogen) atoms. The molecule has 2 heterocycles. The van der Waals surface area contributed by atoms with Gasteiger partial charge in [-0.15, -0.1) is 0 Å². The molecule has 0 aliphatic carbocycles. The van der Waals surface area contributed by atoms with Crippen LogP contribution in [0.1, 0.15) is 11.3 Å². The topological polar surface area (TPSA) is 67.6 Å². The molecular formula is C20H19N3O3. The maximum Gasteiger partial charge on any atom is 0.322 e. The molecule has 0 unspecified atom stereocenters. The lowest BCUT2D eigenvalue weighted by molar-refractivity contribution is 0.244. The first-order valence-electron chi connectivity index (χ1n) is 8.48. The van der Waals surface area contributed by atoms with Crippen LogP contribution in [0.5, 0.6) is 5.75 Å². The summed E-state index contributed by atoms with van der Waals surface area (Å²) in [6, 6.07) is 17.3. The fourth-order valence-electron chi connectivity index (χ4n) is 3.12. The lowest BCUT2D eigenvalue weighted by Gasteiger charge is -2.17. The van der Waals surface area contributed by atoms with Gasteiger partial charge in [0.1, 0.15) is 11.4 Å². The van der Waals surface area contributed by atoms with Gasteiger partial charge in [-0.1, -0.05) is 35.5 Å². The van der Waals surface area contributed by atoms with E-state index < -0.39 is 0 Å². The molecule has 0 spiro atoms. The summed E-state index contributed by atoms with van der Waals surface area (Å²) in [5, 5.41) is 6.96. The van der Waals surface area contributed by atoms with Crippen LogP contribution in [-0.4, -0.2) is 24.8 Å². The zero-order valence-corrected chi connectivity index (χ0v) is 14.4. The zero-order valence-electron chi connectivity index (χ0n) is 14.4. The number of rotatable bonds is 4. The smallest absolute Gasteiger partial charge is 0.322 e. The highest BCUT2D eigenvalue weighted by atomic mass is 16.5. The van der Waals surface area contributed by atoms with Gasteiger partial charge in [-0.25, -0.2) is 4.79 Å². The predicted octanol–water partition coefficient (Wildman–Crippen LogP) is 3.62. The van der Waals surface area contributed by atoms with Gasteiger partial charge < -0.3 is 14.6 Å². The third kappa shape index (κ3) is 3.13. The van der Waals surface area contributed by atoms with Crippen molar-refractivity contribution in [2.75, 3.05) is 18.6 Å². The molecule has 0 atom stereocenters. The Bertz CT molecular complexity index is 921. The number of hydrogen-bond acceptors (Lipinski definition) is 4. The number of benzene rings is 2. The number of urea groups is 1. The number of carbonyl (C=O) groups excluding carboxylic acids is 1. The minimum absolute atomic E-state index is 0.147. The maximum atomic E-state index is 12.5. The summed E-state index contributed by atoms with van der Waals surface area (Å²) < 4.78 is 10.6. The number of anilines is 1. The van der Waals surface area contributed by atoms with E-state index in [-0.39, 0.29) is 6.03 Å². The molecule has 0 saturated heterocycles. The molecule has 4 rings (SSSR count). The number of methoxy groups -OCH3 is 1. The second-order valence-corrected chi connectivity index (χ2v) is 6.10. The number of fused-ring (bicyclic) bond motifs is 1. The van der Waals surface area contributed by atoms with E-state index >= 15 is 0 Å². The van der Waals surface area contributed by atoms with E-state index in [1.54, 1.807) is 12.0 Å². The van der Waals surface area contributed by atoms with Gasteiger partial charge in [0.2, 0.25) is 0 Å². The van der Waals surface area contributed by atoms with Gasteiger partial charge >= 0.3 is 6.03 Å². The van der Waals surface area contributed by atoms with Crippen LogP contribution in [0, 0.1) is 0 Å². The number of hydrogen-bond donors (Lipinski definition) is 1. The second kappa shape index (κ2) is 6.92. The van der Waals surface area contributed by atoms with Crippen molar-refractivity contribution in [2.24, 2.45) is 0 Å². The summed E-state index contributed by atoms with van der Waals surface area (Å²) in [5.41, 5.74) is 3.78. The molecule has 1 aliphatic heterocycles. The van der Waals surface area contributed by atoms with Gasteiger partial charge in [0.25, 0.3) is 0 Å². The monoisotopic (exact) mass is 349 g/mol. The second-order valence-electron chi connectivity index (χ2n) is 6.10. The number of ether oxygens (including phenoxy) is 1. The fraction of sp³-hybridized carbons (Fsp3) is 0.200. The van der Waals surface area contributed by atoms with Crippen LogP contribution in [0.4, 0.5) is 10.5 Å². The Balaban J connectivity index is 1.41. The van der Waals surface area contributed by atoms with E-state index in [2.05, 4.69) is 10.5 Å². The Kier molecular flexibility index (Phi) is 4.31. The summed E-state index contributed by atoms with van der Waals surface area (Å²) >= 11 is 0. The molecule has 2 aromatic carbocycles. The Morgan fingerprint density at radius 2 is 2.08 bits per heavy atom. The van der Waals surface area contributed by atoms with Gasteiger partial charge in [0, 0.05) is 23.9 Å². The Labute approximate surface area is 151 Å². The summed E-state index contributed by atoms with van der Waals surface area (Å²) in [7, 11) is 1.64. The van der Waals surface area contributed by atoms with Crippen molar-refractivity contribution >= 4 is 11.7 Å². The van der Waals surface area contributed by atoms with E-state index in [0.717, 1.165) is 34.7 Å². The molecule has 1 aromatic heterocycles. The van der Waals surface area contributed by atoms with Crippen molar-refractivity contribution in [3.63, 3.8) is 0 Å². The highest BCUT2D eigenvalue weighted by molar-refractivity contribution is 5.94. The Morgan fingerprint density at radius 1 is 1.23 bits per heavy atom. The van der Waals surface area contributed by atoms with E-state index in [4.69, 9.17) is 9.26 Å². The number of nitrogens with zero attached hydrogens (tertiary/aromatic N) is 2. The Morgan fingerprint density at radius 3 is 2.88 bits per heavy atom. The van der Waals surface area contributed by atoms with Crippen LogP contribution in [0.25, 0.3) is 11.3 Å². The largest absolute Gasteiger partial charge is 0.497 e. The van der Waals surface area contributed by atoms with Crippen LogP contribution in [0.3, 0.4) is 0 Å². The molecule has 0 fully saturated rings. The SMILES string of the molecule is COc1ccc2c(c1)CCN2C(=O)NCc1cc(-c2ccccc2)no1. The molecule has 1 aliphatic rings. The van der Waals surface area contributed by atoms with E-state index in [9.17, 15) is 4.79 Å². The minimum atomic E-state index is -0.147. The minimum Gasteiger partial charge on any atom is -0.497 e. The number of aromatic nitrogens is 1. The van der Waals surface area contributed by atoms with Crippen LogP contribution < -0.4 is 15.0 Å². The molecule has 0 radical (unpaired) electrons. The normalized spacial score (nSPS) is 12.7. The van der Waals surface area contributed by atoms with Crippen molar-refractivity contribution < 1.29 is 14.1 Å². The van der Waals surface area contributed by atoms with Crippen LogP contribution in [0.15, 0.2) is 59.1 Å². The van der Waals surface area contributed by atoms with Crippen molar-refractivity contribution in [3.8, 4) is 17.0 Å². The summed E-state index contributed by atoms with van der Waals surface area (Å²) in [5.74, 6) is 1.42. The van der Waals surface area contributed by atoms with Crippen LogP contribution in [-0.2, 0) is 13.0 Å². The number of nitrogens with one attached hydrogen (secondary N) is 1. The molecule has 0 saturated carbocycles. The standard InChI is InChI=1S/C20H19N3O3/c1-25-16-7-8-19-15(11-16)9-10-23(19)20(24)21-13-17-12-18(22-26-17)14-5-3-2-4-6-14/h2-8,11-12H,9-10,13H2,1H3,(H,21,24). The van der Waals surface area contributed by atoms with Crippen molar-refractivity contribution in [2.45, 2.75) is 13.0 Å².